The van der Waals surface area contributed by atoms with E-state index in [0.29, 0.717) is 55.8 Å². The van der Waals surface area contributed by atoms with Gasteiger partial charge in [-0.15, -0.1) is 0 Å². The maximum absolute atomic E-state index is 14.5. The third kappa shape index (κ3) is 8.88. The molecule has 2 aromatic heterocycles. The normalized spacial score (nSPS) is 23.2. The highest BCUT2D eigenvalue weighted by Gasteiger charge is 2.35. The van der Waals surface area contributed by atoms with Crippen LogP contribution in [-0.2, 0) is 14.9 Å². The van der Waals surface area contributed by atoms with E-state index in [-0.39, 0.29) is 35.5 Å². The van der Waals surface area contributed by atoms with Gasteiger partial charge in [0.25, 0.3) is 0 Å². The molecule has 3 aliphatic carbocycles. The van der Waals surface area contributed by atoms with E-state index in [9.17, 15) is 9.59 Å². The van der Waals surface area contributed by atoms with Crippen LogP contribution in [0.15, 0.2) is 47.2 Å². The summed E-state index contributed by atoms with van der Waals surface area (Å²) in [6, 6.07) is 10.7. The van der Waals surface area contributed by atoms with E-state index in [1.807, 2.05) is 17.0 Å². The van der Waals surface area contributed by atoms with Crippen LogP contribution in [0, 0.1) is 18.8 Å². The number of oxazole rings is 1. The number of anilines is 1. The van der Waals surface area contributed by atoms with Crippen LogP contribution in [0.25, 0.3) is 11.3 Å². The molecule has 0 unspecified atom stereocenters. The highest BCUT2D eigenvalue weighted by molar-refractivity contribution is 5.94. The number of aryl methyl sites for hydroxylation is 1. The summed E-state index contributed by atoms with van der Waals surface area (Å²) < 4.78 is 17.2. The third-order valence-electron chi connectivity index (χ3n) is 11.1. The molecule has 9 heteroatoms. The second kappa shape index (κ2) is 16.0. The Bertz CT molecular complexity index is 1590. The molecule has 0 radical (unpaired) electrons. The Hall–Kier alpha value is -3.88. The van der Waals surface area contributed by atoms with Gasteiger partial charge in [-0.25, -0.2) is 14.8 Å². The first-order valence-electron chi connectivity index (χ1n) is 18.9. The van der Waals surface area contributed by atoms with Crippen LogP contribution >= 0.6 is 0 Å². The molecule has 3 aromatic rings. The highest BCUT2D eigenvalue weighted by Crippen LogP contribution is 2.39. The lowest BCUT2D eigenvalue weighted by Crippen LogP contribution is -2.43. The van der Waals surface area contributed by atoms with Crippen molar-refractivity contribution in [3.63, 3.8) is 0 Å². The second-order valence-corrected chi connectivity index (χ2v) is 15.9. The Kier molecular flexibility index (Phi) is 11.5. The number of methoxy groups -OCH3 is 1. The van der Waals surface area contributed by atoms with Crippen LogP contribution in [0.2, 0.25) is 0 Å². The Morgan fingerprint density at radius 3 is 2.34 bits per heavy atom. The van der Waals surface area contributed by atoms with Gasteiger partial charge in [-0.2, -0.15) is 0 Å². The fourth-order valence-corrected chi connectivity index (χ4v) is 8.11. The highest BCUT2D eigenvalue weighted by atomic mass is 16.6. The van der Waals surface area contributed by atoms with Crippen LogP contribution in [0.5, 0.6) is 5.75 Å². The van der Waals surface area contributed by atoms with Gasteiger partial charge in [0, 0.05) is 35.7 Å². The second-order valence-electron chi connectivity index (χ2n) is 15.9. The van der Waals surface area contributed by atoms with Gasteiger partial charge in [-0.3, -0.25) is 9.69 Å². The van der Waals surface area contributed by atoms with E-state index < -0.39 is 0 Å². The van der Waals surface area contributed by atoms with E-state index in [2.05, 4.69) is 51.2 Å². The van der Waals surface area contributed by atoms with Crippen LogP contribution in [0.3, 0.4) is 0 Å². The zero-order valence-electron chi connectivity index (χ0n) is 30.7. The number of carbonyl (C=O) groups is 2. The van der Waals surface area contributed by atoms with Gasteiger partial charge in [0.05, 0.1) is 7.11 Å². The van der Waals surface area contributed by atoms with Gasteiger partial charge >= 0.3 is 6.09 Å². The number of nitrogens with zero attached hydrogens (tertiary/aromatic N) is 3. The zero-order chi connectivity index (χ0) is 35.3. The van der Waals surface area contributed by atoms with Crippen molar-refractivity contribution in [1.29, 1.82) is 0 Å². The molecule has 0 aliphatic heterocycles. The molecule has 0 saturated heterocycles. The summed E-state index contributed by atoms with van der Waals surface area (Å²) in [6.07, 6.45) is 15.7. The minimum absolute atomic E-state index is 0.114. The molecular weight excluding hydrogens is 628 g/mol. The van der Waals surface area contributed by atoms with Crippen molar-refractivity contribution < 1.29 is 23.5 Å². The van der Waals surface area contributed by atoms with E-state index >= 15 is 0 Å². The van der Waals surface area contributed by atoms with Gasteiger partial charge in [0.2, 0.25) is 5.91 Å². The van der Waals surface area contributed by atoms with Crippen molar-refractivity contribution in [2.24, 2.45) is 11.8 Å². The molecule has 6 rings (SSSR count). The predicted molar refractivity (Wildman–Crippen MR) is 195 cm³/mol. The quantitative estimate of drug-likeness (QED) is 0.239. The van der Waals surface area contributed by atoms with Crippen molar-refractivity contribution in [3.8, 4) is 17.0 Å². The molecule has 3 aliphatic rings. The van der Waals surface area contributed by atoms with Crippen LogP contribution in [0.1, 0.15) is 127 Å². The molecule has 0 bridgehead atoms. The Labute approximate surface area is 297 Å². The molecular formula is C41H56N4O5. The van der Waals surface area contributed by atoms with Crippen LogP contribution < -0.4 is 15.0 Å². The topological polar surface area (TPSA) is 107 Å². The summed E-state index contributed by atoms with van der Waals surface area (Å²) in [5.41, 5.74) is 3.95. The molecule has 50 heavy (non-hydrogen) atoms. The van der Waals surface area contributed by atoms with E-state index in [4.69, 9.17) is 23.9 Å². The summed E-state index contributed by atoms with van der Waals surface area (Å²) in [6.45, 7) is 8.97. The standard InChI is InChI=1S/C41H56N4O5/c1-27-23-31(17-20-36(27)48-5)29-13-11-28(12-14-29)25-45(37-24-32(21-22-42-37)35-26-49-39(44-35)41(2,3)4)38(46)30-15-18-34(19-16-30)50-40(47)43-33-9-7-6-8-10-33/h17,20-24,26,28-30,33-34H,6-16,18-19,25H2,1-5H3,(H,43,47). The summed E-state index contributed by atoms with van der Waals surface area (Å²) in [5.74, 6) is 3.12. The molecule has 1 aromatic carbocycles. The predicted octanol–water partition coefficient (Wildman–Crippen LogP) is 9.28. The Morgan fingerprint density at radius 2 is 1.68 bits per heavy atom. The van der Waals surface area contributed by atoms with Gasteiger partial charge in [0.1, 0.15) is 29.6 Å². The lowest BCUT2D eigenvalue weighted by Gasteiger charge is -2.36. The van der Waals surface area contributed by atoms with Crippen molar-refractivity contribution in [2.45, 2.75) is 135 Å². The molecule has 9 nitrogen and oxygen atoms in total. The number of carbonyl (C=O) groups excluding carboxylic acids is 2. The summed E-state index contributed by atoms with van der Waals surface area (Å²) in [7, 11) is 1.72. The third-order valence-corrected chi connectivity index (χ3v) is 11.1. The zero-order valence-corrected chi connectivity index (χ0v) is 30.7. The first-order valence-corrected chi connectivity index (χ1v) is 18.9. The number of amides is 2. The molecule has 0 spiro atoms. The Balaban J connectivity index is 1.14. The lowest BCUT2D eigenvalue weighted by atomic mass is 9.78. The molecule has 1 N–H and O–H groups in total. The van der Waals surface area contributed by atoms with Crippen molar-refractivity contribution in [3.05, 3.63) is 59.8 Å². The number of alkyl carbamates (subject to hydrolysis) is 1. The van der Waals surface area contributed by atoms with Crippen molar-refractivity contribution in [2.75, 3.05) is 18.6 Å². The number of hydrogen-bond donors (Lipinski definition) is 1. The molecule has 0 atom stereocenters. The minimum Gasteiger partial charge on any atom is -0.496 e. The van der Waals surface area contributed by atoms with Gasteiger partial charge in [-0.1, -0.05) is 52.2 Å². The molecule has 2 heterocycles. The van der Waals surface area contributed by atoms with E-state index in [1.165, 1.54) is 17.5 Å². The average Bonchev–Trinajstić information content (AvgIpc) is 3.63. The lowest BCUT2D eigenvalue weighted by molar-refractivity contribution is -0.124. The minimum atomic E-state index is -0.308. The summed E-state index contributed by atoms with van der Waals surface area (Å²) in [5, 5.41) is 3.07. The van der Waals surface area contributed by atoms with Gasteiger partial charge < -0.3 is 19.2 Å². The number of aromatic nitrogens is 2. The molecule has 270 valence electrons. The van der Waals surface area contributed by atoms with Crippen molar-refractivity contribution in [1.82, 2.24) is 15.3 Å². The van der Waals surface area contributed by atoms with E-state index in [1.54, 1.807) is 19.6 Å². The fourth-order valence-electron chi connectivity index (χ4n) is 8.11. The number of ether oxygens (including phenoxy) is 2. The monoisotopic (exact) mass is 684 g/mol. The maximum atomic E-state index is 14.5. The van der Waals surface area contributed by atoms with Crippen molar-refractivity contribution >= 4 is 17.8 Å². The first kappa shape index (κ1) is 35.9. The number of hydrogen-bond acceptors (Lipinski definition) is 7. The fraction of sp³-hybridized carbons (Fsp3) is 0.610. The van der Waals surface area contributed by atoms with Gasteiger partial charge in [0.15, 0.2) is 5.89 Å². The Morgan fingerprint density at radius 1 is 0.940 bits per heavy atom. The summed E-state index contributed by atoms with van der Waals surface area (Å²) in [4.78, 5) is 38.6. The number of nitrogens with one attached hydrogen (secondary N) is 1. The number of benzene rings is 1. The first-order chi connectivity index (χ1) is 24.1. The SMILES string of the molecule is COc1ccc(C2CCC(CN(C(=O)C3CCC(OC(=O)NC4CCCCC4)CC3)c3cc(-c4coc(C(C)(C)C)n4)ccn3)CC2)cc1C. The average molecular weight is 685 g/mol. The molecule has 3 fully saturated rings. The largest absolute Gasteiger partial charge is 0.496 e. The number of rotatable bonds is 9. The van der Waals surface area contributed by atoms with Gasteiger partial charge in [-0.05, 0) is 112 Å². The van der Waals surface area contributed by atoms with Crippen LogP contribution in [0.4, 0.5) is 10.6 Å². The summed E-state index contributed by atoms with van der Waals surface area (Å²) >= 11 is 0. The molecule has 2 amide bonds. The molecule has 3 saturated carbocycles. The van der Waals surface area contributed by atoms with E-state index in [0.717, 1.165) is 68.4 Å². The maximum Gasteiger partial charge on any atom is 0.407 e. The smallest absolute Gasteiger partial charge is 0.407 e. The number of pyridine rings is 1. The van der Waals surface area contributed by atoms with Crippen LogP contribution in [-0.4, -0.2) is 47.8 Å².